The average Bonchev–Trinajstić information content (AvgIpc) is 2.69. The molecule has 2 aromatic rings. The molecule has 148 valence electrons. The van der Waals surface area contributed by atoms with Crippen LogP contribution in [0.25, 0.3) is 0 Å². The molecule has 0 radical (unpaired) electrons. The van der Waals surface area contributed by atoms with E-state index in [4.69, 9.17) is 9.47 Å². The Kier molecular flexibility index (Phi) is 7.56. The van der Waals surface area contributed by atoms with Crippen LogP contribution >= 0.6 is 0 Å². The Balaban J connectivity index is 1.83. The average molecular weight is 383 g/mol. The monoisotopic (exact) mass is 383 g/mol. The van der Waals surface area contributed by atoms with Crippen LogP contribution in [0, 0.1) is 13.8 Å². The molecule has 7 nitrogen and oxygen atoms in total. The number of rotatable bonds is 8. The van der Waals surface area contributed by atoms with E-state index in [1.54, 1.807) is 32.4 Å². The number of hydrogen-bond donors (Lipinski definition) is 2. The summed E-state index contributed by atoms with van der Waals surface area (Å²) in [7, 11) is 3.11. The Morgan fingerprint density at radius 3 is 2.46 bits per heavy atom. The molecule has 2 amide bonds. The van der Waals surface area contributed by atoms with Gasteiger partial charge in [0.15, 0.2) is 0 Å². The highest BCUT2D eigenvalue weighted by molar-refractivity contribution is 5.94. The Morgan fingerprint density at radius 2 is 1.75 bits per heavy atom. The molecule has 0 fully saturated rings. The second-order valence-electron chi connectivity index (χ2n) is 6.27. The van der Waals surface area contributed by atoms with Gasteiger partial charge in [0.25, 0.3) is 0 Å². The summed E-state index contributed by atoms with van der Waals surface area (Å²) in [5, 5.41) is 6.74. The minimum absolute atomic E-state index is 0.0355. The normalized spacial score (nSPS) is 10.6. The lowest BCUT2D eigenvalue weighted by molar-refractivity contribution is -0.124. The molecule has 2 aromatic carbocycles. The van der Waals surface area contributed by atoms with Crippen molar-refractivity contribution in [1.82, 2.24) is 5.43 Å². The summed E-state index contributed by atoms with van der Waals surface area (Å²) >= 11 is 0. The topological polar surface area (TPSA) is 89.0 Å². The van der Waals surface area contributed by atoms with Gasteiger partial charge in [0, 0.05) is 30.2 Å². The zero-order valence-electron chi connectivity index (χ0n) is 16.5. The predicted molar refractivity (Wildman–Crippen MR) is 109 cm³/mol. The summed E-state index contributed by atoms with van der Waals surface area (Å²) < 4.78 is 10.4. The number of benzene rings is 2. The third-order valence-corrected chi connectivity index (χ3v) is 4.08. The van der Waals surface area contributed by atoms with Crippen molar-refractivity contribution >= 4 is 23.7 Å². The van der Waals surface area contributed by atoms with Crippen molar-refractivity contribution in [2.45, 2.75) is 26.7 Å². The number of hydrazone groups is 1. The number of anilines is 1. The number of carbonyl (C=O) groups is 2. The van der Waals surface area contributed by atoms with Crippen LogP contribution < -0.4 is 20.2 Å². The lowest BCUT2D eigenvalue weighted by atomic mass is 10.1. The highest BCUT2D eigenvalue weighted by Crippen LogP contribution is 2.23. The van der Waals surface area contributed by atoms with Crippen molar-refractivity contribution in [2.75, 3.05) is 19.5 Å². The van der Waals surface area contributed by atoms with E-state index in [0.29, 0.717) is 17.1 Å². The molecule has 0 aliphatic carbocycles. The summed E-state index contributed by atoms with van der Waals surface area (Å²) in [4.78, 5) is 24.0. The van der Waals surface area contributed by atoms with E-state index in [0.717, 1.165) is 16.8 Å². The van der Waals surface area contributed by atoms with Crippen LogP contribution in [0.5, 0.6) is 11.5 Å². The van der Waals surface area contributed by atoms with E-state index in [-0.39, 0.29) is 24.7 Å². The molecule has 0 atom stereocenters. The molecule has 0 aliphatic heterocycles. The molecule has 0 aromatic heterocycles. The second-order valence-corrected chi connectivity index (χ2v) is 6.27. The van der Waals surface area contributed by atoms with Crippen LogP contribution in [0.1, 0.15) is 29.5 Å². The fourth-order valence-electron chi connectivity index (χ4n) is 2.47. The fourth-order valence-corrected chi connectivity index (χ4v) is 2.47. The van der Waals surface area contributed by atoms with Crippen LogP contribution in [0.3, 0.4) is 0 Å². The van der Waals surface area contributed by atoms with Crippen LogP contribution in [-0.2, 0) is 9.59 Å². The number of nitrogens with one attached hydrogen (secondary N) is 2. The first-order chi connectivity index (χ1) is 13.4. The van der Waals surface area contributed by atoms with Gasteiger partial charge in [0.05, 0.1) is 20.4 Å². The van der Waals surface area contributed by atoms with Gasteiger partial charge in [-0.1, -0.05) is 12.1 Å². The van der Waals surface area contributed by atoms with E-state index in [9.17, 15) is 9.59 Å². The van der Waals surface area contributed by atoms with E-state index in [2.05, 4.69) is 15.8 Å². The van der Waals surface area contributed by atoms with Crippen molar-refractivity contribution in [3.05, 3.63) is 53.1 Å². The van der Waals surface area contributed by atoms with E-state index in [1.807, 2.05) is 32.0 Å². The lowest BCUT2D eigenvalue weighted by Gasteiger charge is -2.09. The number of nitrogens with zero attached hydrogens (tertiary/aromatic N) is 1. The van der Waals surface area contributed by atoms with Crippen molar-refractivity contribution < 1.29 is 19.1 Å². The zero-order chi connectivity index (χ0) is 20.5. The molecule has 0 aliphatic rings. The molecule has 0 saturated carbocycles. The van der Waals surface area contributed by atoms with Gasteiger partial charge in [0.2, 0.25) is 11.8 Å². The third kappa shape index (κ3) is 6.12. The Morgan fingerprint density at radius 1 is 1.00 bits per heavy atom. The van der Waals surface area contributed by atoms with E-state index < -0.39 is 0 Å². The maximum absolute atomic E-state index is 12.1. The summed E-state index contributed by atoms with van der Waals surface area (Å²) in [6, 6.07) is 11.1. The SMILES string of the molecule is COc1ccc(C=NNC(=O)CCC(=O)Nc2cc(C)ccc2C)c(OC)c1. The molecule has 7 heteroatoms. The van der Waals surface area contributed by atoms with Crippen LogP contribution in [-0.4, -0.2) is 32.2 Å². The van der Waals surface area contributed by atoms with E-state index >= 15 is 0 Å². The molecule has 0 unspecified atom stereocenters. The van der Waals surface area contributed by atoms with Gasteiger partial charge in [0.1, 0.15) is 11.5 Å². The molecular weight excluding hydrogens is 358 g/mol. The highest BCUT2D eigenvalue weighted by Gasteiger charge is 2.09. The van der Waals surface area contributed by atoms with Crippen LogP contribution in [0.2, 0.25) is 0 Å². The molecule has 0 heterocycles. The van der Waals surface area contributed by atoms with Crippen molar-refractivity contribution in [3.63, 3.8) is 0 Å². The molecule has 28 heavy (non-hydrogen) atoms. The zero-order valence-corrected chi connectivity index (χ0v) is 16.5. The lowest BCUT2D eigenvalue weighted by Crippen LogP contribution is -2.21. The molecule has 2 N–H and O–H groups in total. The second kappa shape index (κ2) is 10.1. The fraction of sp³-hybridized carbons (Fsp3) is 0.286. The number of hydrogen-bond acceptors (Lipinski definition) is 5. The van der Waals surface area contributed by atoms with Crippen LogP contribution in [0.4, 0.5) is 5.69 Å². The Labute approximate surface area is 164 Å². The standard InChI is InChI=1S/C21H25N3O4/c1-14-5-6-15(2)18(11-14)23-20(25)9-10-21(26)24-22-13-16-7-8-17(27-3)12-19(16)28-4/h5-8,11-13H,9-10H2,1-4H3,(H,23,25)(H,24,26). The van der Waals surface area contributed by atoms with E-state index in [1.165, 1.54) is 6.21 Å². The molecular formula is C21H25N3O4. The highest BCUT2D eigenvalue weighted by atomic mass is 16.5. The minimum atomic E-state index is -0.347. The van der Waals surface area contributed by atoms with Crippen molar-refractivity contribution in [2.24, 2.45) is 5.10 Å². The van der Waals surface area contributed by atoms with Gasteiger partial charge in [-0.2, -0.15) is 5.10 Å². The maximum atomic E-state index is 12.1. The third-order valence-electron chi connectivity index (χ3n) is 4.08. The quantitative estimate of drug-likeness (QED) is 0.541. The van der Waals surface area contributed by atoms with Gasteiger partial charge in [-0.3, -0.25) is 9.59 Å². The van der Waals surface area contributed by atoms with Gasteiger partial charge in [-0.15, -0.1) is 0 Å². The number of amides is 2. The molecule has 0 saturated heterocycles. The minimum Gasteiger partial charge on any atom is -0.497 e. The van der Waals surface area contributed by atoms with Gasteiger partial charge in [-0.05, 0) is 43.2 Å². The largest absolute Gasteiger partial charge is 0.497 e. The number of aryl methyl sites for hydroxylation is 2. The van der Waals surface area contributed by atoms with Crippen LogP contribution in [0.15, 0.2) is 41.5 Å². The Hall–Kier alpha value is -3.35. The Bertz CT molecular complexity index is 878. The summed E-state index contributed by atoms with van der Waals surface area (Å²) in [6.07, 6.45) is 1.58. The number of carbonyl (C=O) groups excluding carboxylic acids is 2. The smallest absolute Gasteiger partial charge is 0.240 e. The number of ether oxygens (including phenoxy) is 2. The first-order valence-corrected chi connectivity index (χ1v) is 8.84. The van der Waals surface area contributed by atoms with Gasteiger partial charge < -0.3 is 14.8 Å². The summed E-state index contributed by atoms with van der Waals surface area (Å²) in [6.45, 7) is 3.88. The number of methoxy groups -OCH3 is 2. The summed E-state index contributed by atoms with van der Waals surface area (Å²) in [5.74, 6) is 0.669. The molecule has 2 rings (SSSR count). The molecule has 0 spiro atoms. The van der Waals surface area contributed by atoms with Gasteiger partial charge in [-0.25, -0.2) is 5.43 Å². The first-order valence-electron chi connectivity index (χ1n) is 8.84. The predicted octanol–water partition coefficient (Wildman–Crippen LogP) is 3.19. The van der Waals surface area contributed by atoms with Gasteiger partial charge >= 0.3 is 0 Å². The maximum Gasteiger partial charge on any atom is 0.240 e. The first kappa shape index (κ1) is 21.0. The molecule has 0 bridgehead atoms. The van der Waals surface area contributed by atoms with Crippen molar-refractivity contribution in [1.29, 1.82) is 0 Å². The van der Waals surface area contributed by atoms with Crippen molar-refractivity contribution in [3.8, 4) is 11.5 Å². The summed E-state index contributed by atoms with van der Waals surface area (Å²) in [5.41, 5.74) is 5.90.